The van der Waals surface area contributed by atoms with E-state index in [-0.39, 0.29) is 5.56 Å². The second kappa shape index (κ2) is 4.55. The number of benzene rings is 1. The van der Waals surface area contributed by atoms with Crippen molar-refractivity contribution in [1.82, 2.24) is 0 Å². The van der Waals surface area contributed by atoms with Crippen LogP contribution in [0.1, 0.15) is 24.0 Å². The first-order valence-electron chi connectivity index (χ1n) is 4.68. The number of rotatable bonds is 3. The molecule has 0 spiro atoms. The molecule has 1 aromatic rings. The van der Waals surface area contributed by atoms with Crippen molar-refractivity contribution in [2.45, 2.75) is 25.4 Å². The van der Waals surface area contributed by atoms with E-state index in [1.807, 2.05) is 0 Å². The Balaban J connectivity index is 2.91. The number of alkyl halides is 3. The number of carboxylic acids is 1. The average Bonchev–Trinajstić information content (AvgIpc) is 2.14. The standard InChI is InChI=1S/C11H11F3O2/c1-7(10(15)16)9-4-2-3-8(5-9)6-11(12,13)14/h2-5,7H,6H2,1H3,(H,15,16)/t7-/m0/s1. The van der Waals surface area contributed by atoms with Crippen molar-refractivity contribution < 1.29 is 23.1 Å². The number of hydrogen-bond donors (Lipinski definition) is 1. The zero-order chi connectivity index (χ0) is 12.3. The molecular weight excluding hydrogens is 221 g/mol. The molecule has 1 atom stereocenters. The maximum absolute atomic E-state index is 12.1. The van der Waals surface area contributed by atoms with Crippen molar-refractivity contribution in [3.05, 3.63) is 35.4 Å². The Kier molecular flexibility index (Phi) is 3.57. The predicted octanol–water partition coefficient (Wildman–Crippen LogP) is 2.98. The van der Waals surface area contributed by atoms with Crippen LogP contribution in [0.5, 0.6) is 0 Å². The highest BCUT2D eigenvalue weighted by Gasteiger charge is 2.27. The molecule has 0 aromatic heterocycles. The Labute approximate surface area is 90.7 Å². The second-order valence-corrected chi connectivity index (χ2v) is 3.60. The van der Waals surface area contributed by atoms with Crippen LogP contribution in [0, 0.1) is 0 Å². The predicted molar refractivity (Wildman–Crippen MR) is 52.3 cm³/mol. The van der Waals surface area contributed by atoms with E-state index in [0.29, 0.717) is 5.56 Å². The molecule has 0 bridgehead atoms. The first-order chi connectivity index (χ1) is 7.29. The van der Waals surface area contributed by atoms with Gasteiger partial charge in [-0.1, -0.05) is 24.3 Å². The van der Waals surface area contributed by atoms with Gasteiger partial charge in [0.15, 0.2) is 0 Å². The summed E-state index contributed by atoms with van der Waals surface area (Å²) in [4.78, 5) is 10.7. The van der Waals surface area contributed by atoms with E-state index in [0.717, 1.165) is 0 Å². The van der Waals surface area contributed by atoms with Crippen molar-refractivity contribution in [1.29, 1.82) is 0 Å². The number of carbonyl (C=O) groups is 1. The number of hydrogen-bond acceptors (Lipinski definition) is 1. The molecule has 5 heteroatoms. The van der Waals surface area contributed by atoms with Gasteiger partial charge in [0.1, 0.15) is 0 Å². The number of carboxylic acid groups (broad SMARTS) is 1. The molecular formula is C11H11F3O2. The van der Waals surface area contributed by atoms with Crippen LogP contribution < -0.4 is 0 Å². The first kappa shape index (κ1) is 12.5. The van der Waals surface area contributed by atoms with Crippen LogP contribution in [-0.2, 0) is 11.2 Å². The maximum Gasteiger partial charge on any atom is 0.393 e. The smallest absolute Gasteiger partial charge is 0.393 e. The highest BCUT2D eigenvalue weighted by Crippen LogP contribution is 2.23. The van der Waals surface area contributed by atoms with Crippen molar-refractivity contribution in [2.75, 3.05) is 0 Å². The lowest BCUT2D eigenvalue weighted by Crippen LogP contribution is -2.12. The fourth-order valence-electron chi connectivity index (χ4n) is 1.35. The topological polar surface area (TPSA) is 37.3 Å². The molecule has 1 rings (SSSR count). The quantitative estimate of drug-likeness (QED) is 0.869. The molecule has 16 heavy (non-hydrogen) atoms. The molecule has 2 nitrogen and oxygen atoms in total. The van der Waals surface area contributed by atoms with E-state index in [9.17, 15) is 18.0 Å². The molecule has 88 valence electrons. The Bertz CT molecular complexity index is 385. The minimum atomic E-state index is -4.27. The van der Waals surface area contributed by atoms with Crippen LogP contribution in [0.3, 0.4) is 0 Å². The molecule has 0 aliphatic heterocycles. The molecule has 0 aliphatic carbocycles. The van der Waals surface area contributed by atoms with E-state index in [4.69, 9.17) is 5.11 Å². The average molecular weight is 232 g/mol. The summed E-state index contributed by atoms with van der Waals surface area (Å²) in [6, 6.07) is 5.58. The van der Waals surface area contributed by atoms with Crippen molar-refractivity contribution in [3.8, 4) is 0 Å². The van der Waals surface area contributed by atoms with Crippen LogP contribution in [0.15, 0.2) is 24.3 Å². The molecule has 0 heterocycles. The van der Waals surface area contributed by atoms with Gasteiger partial charge >= 0.3 is 12.1 Å². The molecule has 0 saturated heterocycles. The first-order valence-corrected chi connectivity index (χ1v) is 4.68. The van der Waals surface area contributed by atoms with Crippen molar-refractivity contribution in [3.63, 3.8) is 0 Å². The van der Waals surface area contributed by atoms with E-state index in [1.54, 1.807) is 0 Å². The molecule has 1 N–H and O–H groups in total. The van der Waals surface area contributed by atoms with Crippen LogP contribution in [0.2, 0.25) is 0 Å². The summed E-state index contributed by atoms with van der Waals surface area (Å²) in [6.07, 6.45) is -5.31. The third kappa shape index (κ3) is 3.56. The van der Waals surface area contributed by atoms with E-state index >= 15 is 0 Å². The van der Waals surface area contributed by atoms with Gasteiger partial charge in [-0.25, -0.2) is 0 Å². The van der Waals surface area contributed by atoms with Crippen molar-refractivity contribution in [2.24, 2.45) is 0 Å². The Hall–Kier alpha value is -1.52. The van der Waals surface area contributed by atoms with Crippen LogP contribution in [0.4, 0.5) is 13.2 Å². The van der Waals surface area contributed by atoms with Gasteiger partial charge in [-0.05, 0) is 18.1 Å². The third-order valence-corrected chi connectivity index (χ3v) is 2.23. The molecule has 0 amide bonds. The summed E-state index contributed by atoms with van der Waals surface area (Å²) in [5, 5.41) is 8.74. The van der Waals surface area contributed by atoms with E-state index in [2.05, 4.69) is 0 Å². The molecule has 0 aliphatic rings. The Morgan fingerprint density at radius 2 is 2.06 bits per heavy atom. The minimum absolute atomic E-state index is 0.0816. The van der Waals surface area contributed by atoms with Crippen LogP contribution >= 0.6 is 0 Å². The summed E-state index contributed by atoms with van der Waals surface area (Å²) in [6.45, 7) is 1.44. The monoisotopic (exact) mass is 232 g/mol. The van der Waals surface area contributed by atoms with Gasteiger partial charge in [0.05, 0.1) is 12.3 Å². The third-order valence-electron chi connectivity index (χ3n) is 2.23. The van der Waals surface area contributed by atoms with Gasteiger partial charge in [0.25, 0.3) is 0 Å². The minimum Gasteiger partial charge on any atom is -0.481 e. The highest BCUT2D eigenvalue weighted by molar-refractivity contribution is 5.75. The van der Waals surface area contributed by atoms with Crippen molar-refractivity contribution >= 4 is 5.97 Å². The zero-order valence-corrected chi connectivity index (χ0v) is 8.58. The molecule has 1 aromatic carbocycles. The summed E-state index contributed by atoms with van der Waals surface area (Å²) in [7, 11) is 0. The normalized spacial score (nSPS) is 13.5. The summed E-state index contributed by atoms with van der Waals surface area (Å²) >= 11 is 0. The van der Waals surface area contributed by atoms with Gasteiger partial charge in [-0.3, -0.25) is 4.79 Å². The molecule has 0 saturated carbocycles. The molecule has 0 fully saturated rings. The highest BCUT2D eigenvalue weighted by atomic mass is 19.4. The summed E-state index contributed by atoms with van der Waals surface area (Å²) < 4.78 is 36.3. The van der Waals surface area contributed by atoms with Crippen LogP contribution in [0.25, 0.3) is 0 Å². The van der Waals surface area contributed by atoms with Crippen LogP contribution in [-0.4, -0.2) is 17.3 Å². The fraction of sp³-hybridized carbons (Fsp3) is 0.364. The Morgan fingerprint density at radius 1 is 1.44 bits per heavy atom. The van der Waals surface area contributed by atoms with Gasteiger partial charge in [0, 0.05) is 0 Å². The summed E-state index contributed by atoms with van der Waals surface area (Å²) in [5.41, 5.74) is 0.465. The van der Waals surface area contributed by atoms with Gasteiger partial charge in [-0.2, -0.15) is 13.2 Å². The fourth-order valence-corrected chi connectivity index (χ4v) is 1.35. The van der Waals surface area contributed by atoms with Gasteiger partial charge < -0.3 is 5.11 Å². The maximum atomic E-state index is 12.1. The van der Waals surface area contributed by atoms with E-state index in [1.165, 1.54) is 31.2 Å². The lowest BCUT2D eigenvalue weighted by molar-refractivity contribution is -0.138. The molecule has 0 unspecified atom stereocenters. The largest absolute Gasteiger partial charge is 0.481 e. The molecule has 0 radical (unpaired) electrons. The summed E-state index contributed by atoms with van der Waals surface area (Å²) in [5.74, 6) is -1.85. The lowest BCUT2D eigenvalue weighted by Gasteiger charge is -2.10. The number of halogens is 3. The van der Waals surface area contributed by atoms with Gasteiger partial charge in [-0.15, -0.1) is 0 Å². The second-order valence-electron chi connectivity index (χ2n) is 3.60. The number of aliphatic carboxylic acids is 1. The zero-order valence-electron chi connectivity index (χ0n) is 8.58. The van der Waals surface area contributed by atoms with E-state index < -0.39 is 24.5 Å². The SMILES string of the molecule is C[C@H](C(=O)O)c1cccc(CC(F)(F)F)c1. The lowest BCUT2D eigenvalue weighted by atomic mass is 9.98. The van der Waals surface area contributed by atoms with Gasteiger partial charge in [0.2, 0.25) is 0 Å². The Morgan fingerprint density at radius 3 is 2.56 bits per heavy atom.